The first-order chi connectivity index (χ1) is 14.1. The largest absolute Gasteiger partial charge is 0.497 e. The van der Waals surface area contributed by atoms with Crippen LogP contribution in [0.25, 0.3) is 11.5 Å². The van der Waals surface area contributed by atoms with Gasteiger partial charge >= 0.3 is 0 Å². The van der Waals surface area contributed by atoms with Crippen LogP contribution in [0, 0.1) is 0 Å². The van der Waals surface area contributed by atoms with Gasteiger partial charge in [-0.1, -0.05) is 23.4 Å². The molecule has 29 heavy (non-hydrogen) atoms. The number of amides is 1. The Morgan fingerprint density at radius 2 is 1.90 bits per heavy atom. The van der Waals surface area contributed by atoms with Gasteiger partial charge in [0, 0.05) is 17.7 Å². The number of carbonyl (C=O) groups is 1. The van der Waals surface area contributed by atoms with Gasteiger partial charge in [-0.15, -0.1) is 10.2 Å². The summed E-state index contributed by atoms with van der Waals surface area (Å²) >= 11 is 7.34. The molecule has 1 aliphatic rings. The fraction of sp³-hybridized carbons (Fsp3) is 0.211. The number of aromatic nitrogens is 2. The van der Waals surface area contributed by atoms with E-state index in [1.54, 1.807) is 31.4 Å². The summed E-state index contributed by atoms with van der Waals surface area (Å²) in [6.45, 7) is 0.917. The Bertz CT molecular complexity index is 1030. The van der Waals surface area contributed by atoms with E-state index in [1.165, 1.54) is 0 Å². The summed E-state index contributed by atoms with van der Waals surface area (Å²) < 4.78 is 21.7. The van der Waals surface area contributed by atoms with E-state index in [1.807, 2.05) is 12.1 Å². The Labute approximate surface area is 175 Å². The minimum absolute atomic E-state index is 0.0784. The van der Waals surface area contributed by atoms with Crippen LogP contribution in [-0.2, 0) is 4.79 Å². The van der Waals surface area contributed by atoms with Crippen molar-refractivity contribution in [1.82, 2.24) is 10.2 Å². The molecule has 1 amide bonds. The molecule has 0 unspecified atom stereocenters. The number of rotatable bonds is 6. The molecule has 0 spiro atoms. The van der Waals surface area contributed by atoms with Crippen LogP contribution in [0.2, 0.25) is 5.02 Å². The van der Waals surface area contributed by atoms with E-state index in [0.717, 1.165) is 23.1 Å². The molecule has 0 atom stereocenters. The van der Waals surface area contributed by atoms with E-state index in [9.17, 15) is 4.79 Å². The van der Waals surface area contributed by atoms with Crippen molar-refractivity contribution in [3.8, 4) is 28.7 Å². The predicted molar refractivity (Wildman–Crippen MR) is 108 cm³/mol. The number of thioether (sulfide) groups is 1. The van der Waals surface area contributed by atoms with Gasteiger partial charge in [0.25, 0.3) is 5.22 Å². The van der Waals surface area contributed by atoms with E-state index in [2.05, 4.69) is 15.5 Å². The number of nitrogens with one attached hydrogen (secondary N) is 1. The first kappa shape index (κ1) is 19.4. The number of nitrogens with zero attached hydrogens (tertiary/aromatic N) is 2. The molecule has 3 aromatic rings. The monoisotopic (exact) mass is 433 g/mol. The zero-order chi connectivity index (χ0) is 20.2. The Morgan fingerprint density at radius 1 is 1.17 bits per heavy atom. The van der Waals surface area contributed by atoms with Gasteiger partial charge in [0.15, 0.2) is 11.5 Å². The van der Waals surface area contributed by atoms with Crippen molar-refractivity contribution in [3.63, 3.8) is 0 Å². The summed E-state index contributed by atoms with van der Waals surface area (Å²) in [4.78, 5) is 12.3. The van der Waals surface area contributed by atoms with Gasteiger partial charge in [-0.3, -0.25) is 4.79 Å². The topological polar surface area (TPSA) is 95.7 Å². The summed E-state index contributed by atoms with van der Waals surface area (Å²) in [7, 11) is 1.60. The number of benzene rings is 2. The molecule has 1 aromatic heterocycles. The normalized spacial score (nSPS) is 12.5. The van der Waals surface area contributed by atoms with Crippen LogP contribution in [0.1, 0.15) is 0 Å². The number of halogens is 1. The number of hydrogen-bond acceptors (Lipinski definition) is 8. The Morgan fingerprint density at radius 3 is 2.62 bits per heavy atom. The molecule has 0 aliphatic carbocycles. The van der Waals surface area contributed by atoms with E-state index in [-0.39, 0.29) is 11.7 Å². The van der Waals surface area contributed by atoms with Crippen LogP contribution in [0.3, 0.4) is 0 Å². The van der Waals surface area contributed by atoms with Gasteiger partial charge in [-0.05, 0) is 24.3 Å². The SMILES string of the molecule is COc1ccc(-c2nnc(SCC(=O)Nc3cc4c(cc3Cl)OCCO4)o2)cc1. The first-order valence-electron chi connectivity index (χ1n) is 8.62. The molecule has 1 N–H and O–H groups in total. The summed E-state index contributed by atoms with van der Waals surface area (Å²) in [5.74, 6) is 2.02. The molecule has 2 aromatic carbocycles. The maximum atomic E-state index is 12.3. The molecule has 0 saturated heterocycles. The highest BCUT2D eigenvalue weighted by molar-refractivity contribution is 7.99. The minimum Gasteiger partial charge on any atom is -0.497 e. The first-order valence-corrected chi connectivity index (χ1v) is 9.98. The van der Waals surface area contributed by atoms with Crippen LogP contribution in [0.4, 0.5) is 5.69 Å². The lowest BCUT2D eigenvalue weighted by molar-refractivity contribution is -0.113. The molecule has 1 aliphatic heterocycles. The van der Waals surface area contributed by atoms with Gasteiger partial charge in [-0.2, -0.15) is 0 Å². The Hall–Kier alpha value is -2.91. The maximum absolute atomic E-state index is 12.3. The summed E-state index contributed by atoms with van der Waals surface area (Å²) in [5, 5.41) is 11.4. The zero-order valence-corrected chi connectivity index (χ0v) is 16.9. The summed E-state index contributed by atoms with van der Waals surface area (Å²) in [6.07, 6.45) is 0. The molecular formula is C19H16ClN3O5S. The average Bonchev–Trinajstić information content (AvgIpc) is 3.22. The molecule has 2 heterocycles. The Balaban J connectivity index is 1.36. The number of methoxy groups -OCH3 is 1. The van der Waals surface area contributed by atoms with Crippen molar-refractivity contribution >= 4 is 35.0 Å². The van der Waals surface area contributed by atoms with Crippen LogP contribution in [-0.4, -0.2) is 42.2 Å². The number of ether oxygens (including phenoxy) is 3. The highest BCUT2D eigenvalue weighted by atomic mass is 35.5. The minimum atomic E-state index is -0.266. The summed E-state index contributed by atoms with van der Waals surface area (Å²) in [6, 6.07) is 10.5. The standard InChI is InChI=1S/C19H16ClN3O5S/c1-25-12-4-2-11(3-5-12)18-22-23-19(28-18)29-10-17(24)21-14-9-16-15(8-13(14)20)26-6-7-27-16/h2-5,8-9H,6-7,10H2,1H3,(H,21,24). The maximum Gasteiger partial charge on any atom is 0.277 e. The zero-order valence-electron chi connectivity index (χ0n) is 15.3. The molecular weight excluding hydrogens is 418 g/mol. The van der Waals surface area contributed by atoms with E-state index in [4.69, 9.17) is 30.2 Å². The molecule has 150 valence electrons. The van der Waals surface area contributed by atoms with E-state index >= 15 is 0 Å². The van der Waals surface area contributed by atoms with Gasteiger partial charge in [-0.25, -0.2) is 0 Å². The number of fused-ring (bicyclic) bond motifs is 1. The molecule has 0 fully saturated rings. The second-order valence-corrected chi connectivity index (χ2v) is 7.25. The van der Waals surface area contributed by atoms with Crippen molar-refractivity contribution in [3.05, 3.63) is 41.4 Å². The van der Waals surface area contributed by atoms with Gasteiger partial charge in [0.1, 0.15) is 19.0 Å². The van der Waals surface area contributed by atoms with Crippen molar-refractivity contribution in [2.24, 2.45) is 0 Å². The lowest BCUT2D eigenvalue weighted by Gasteiger charge is -2.19. The van der Waals surface area contributed by atoms with Crippen molar-refractivity contribution in [2.75, 3.05) is 31.4 Å². The highest BCUT2D eigenvalue weighted by Gasteiger charge is 2.17. The lowest BCUT2D eigenvalue weighted by atomic mass is 10.2. The average molecular weight is 434 g/mol. The van der Waals surface area contributed by atoms with E-state index < -0.39 is 0 Å². The smallest absolute Gasteiger partial charge is 0.277 e. The van der Waals surface area contributed by atoms with Crippen molar-refractivity contribution in [2.45, 2.75) is 5.22 Å². The third-order valence-electron chi connectivity index (χ3n) is 3.98. The quantitative estimate of drug-likeness (QED) is 0.585. The van der Waals surface area contributed by atoms with Crippen molar-refractivity contribution < 1.29 is 23.4 Å². The predicted octanol–water partition coefficient (Wildman–Crippen LogP) is 3.90. The molecule has 4 rings (SSSR count). The molecule has 0 saturated carbocycles. The van der Waals surface area contributed by atoms with Crippen LogP contribution in [0.5, 0.6) is 17.2 Å². The molecule has 0 bridgehead atoms. The second-order valence-electron chi connectivity index (χ2n) is 5.91. The lowest BCUT2D eigenvalue weighted by Crippen LogP contribution is -2.17. The number of hydrogen-bond donors (Lipinski definition) is 1. The van der Waals surface area contributed by atoms with Gasteiger partial charge < -0.3 is 23.9 Å². The van der Waals surface area contributed by atoms with Crippen LogP contribution < -0.4 is 19.5 Å². The molecule has 8 nitrogen and oxygen atoms in total. The van der Waals surface area contributed by atoms with E-state index in [0.29, 0.717) is 46.5 Å². The van der Waals surface area contributed by atoms with Crippen molar-refractivity contribution in [1.29, 1.82) is 0 Å². The molecule has 10 heteroatoms. The van der Waals surface area contributed by atoms with Gasteiger partial charge in [0.2, 0.25) is 11.8 Å². The third-order valence-corrected chi connectivity index (χ3v) is 5.11. The van der Waals surface area contributed by atoms with Crippen LogP contribution in [0.15, 0.2) is 46.0 Å². The fourth-order valence-corrected chi connectivity index (χ4v) is 3.36. The van der Waals surface area contributed by atoms with Gasteiger partial charge in [0.05, 0.1) is 23.6 Å². The Kier molecular flexibility index (Phi) is 5.77. The summed E-state index contributed by atoms with van der Waals surface area (Å²) in [5.41, 5.74) is 1.21. The molecule has 0 radical (unpaired) electrons. The van der Waals surface area contributed by atoms with Crippen LogP contribution >= 0.6 is 23.4 Å². The number of carbonyl (C=O) groups excluding carboxylic acids is 1. The highest BCUT2D eigenvalue weighted by Crippen LogP contribution is 2.38. The second kappa shape index (κ2) is 8.62. The third kappa shape index (κ3) is 4.57. The number of anilines is 1. The fourth-order valence-electron chi connectivity index (χ4n) is 2.59.